The molecule has 0 spiro atoms. The Morgan fingerprint density at radius 1 is 1.06 bits per heavy atom. The minimum Gasteiger partial charge on any atom is -0.496 e. The number of hydrazine groups is 1. The highest BCUT2D eigenvalue weighted by atomic mass is 32.2. The van der Waals surface area contributed by atoms with E-state index >= 15 is 0 Å². The molecule has 0 aliphatic carbocycles. The third kappa shape index (κ3) is 5.11. The van der Waals surface area contributed by atoms with Crippen molar-refractivity contribution in [3.8, 4) is 16.9 Å². The summed E-state index contributed by atoms with van der Waals surface area (Å²) < 4.78 is 45.3. The monoisotopic (exact) mass is 483 g/mol. The molecule has 2 N–H and O–H groups in total. The number of aryl methyl sites for hydroxylation is 1. The van der Waals surface area contributed by atoms with E-state index in [1.54, 1.807) is 20.1 Å². The normalized spacial score (nSPS) is 14.4. The van der Waals surface area contributed by atoms with Gasteiger partial charge in [0.2, 0.25) is 10.0 Å². The molecule has 1 aliphatic heterocycles. The van der Waals surface area contributed by atoms with Gasteiger partial charge in [-0.15, -0.1) is 4.83 Å². The van der Waals surface area contributed by atoms with Gasteiger partial charge in [0.25, 0.3) is 5.91 Å². The summed E-state index contributed by atoms with van der Waals surface area (Å²) in [5.74, 6) is -0.801. The van der Waals surface area contributed by atoms with E-state index in [0.717, 1.165) is 16.9 Å². The van der Waals surface area contributed by atoms with Crippen molar-refractivity contribution in [3.63, 3.8) is 0 Å². The first-order chi connectivity index (χ1) is 16.3. The lowest BCUT2D eigenvalue weighted by molar-refractivity contribution is 0.0939. The molecule has 3 aromatic carbocycles. The molecule has 3 aromatic rings. The van der Waals surface area contributed by atoms with Gasteiger partial charge in [-0.05, 0) is 41.8 Å². The lowest BCUT2D eigenvalue weighted by Crippen LogP contribution is -2.59. The van der Waals surface area contributed by atoms with Crippen molar-refractivity contribution in [3.05, 3.63) is 89.2 Å². The van der Waals surface area contributed by atoms with Crippen LogP contribution in [0.1, 0.15) is 21.5 Å². The number of amides is 1. The van der Waals surface area contributed by atoms with Crippen LogP contribution in [-0.4, -0.2) is 44.7 Å². The van der Waals surface area contributed by atoms with Gasteiger partial charge in [-0.1, -0.05) is 48.5 Å². The molecule has 1 amide bonds. The van der Waals surface area contributed by atoms with Crippen molar-refractivity contribution < 1.29 is 22.3 Å². The largest absolute Gasteiger partial charge is 0.496 e. The van der Waals surface area contributed by atoms with E-state index in [1.165, 1.54) is 6.07 Å². The lowest BCUT2D eigenvalue weighted by atomic mass is 9.99. The topological polar surface area (TPSA) is 87.7 Å². The third-order valence-corrected chi connectivity index (χ3v) is 7.42. The van der Waals surface area contributed by atoms with E-state index in [4.69, 9.17) is 4.74 Å². The Balaban J connectivity index is 1.38. The van der Waals surface area contributed by atoms with Gasteiger partial charge in [-0.2, -0.15) is 0 Å². The Labute approximate surface area is 198 Å². The van der Waals surface area contributed by atoms with Crippen molar-refractivity contribution in [1.82, 2.24) is 15.2 Å². The van der Waals surface area contributed by atoms with E-state index in [0.29, 0.717) is 30.8 Å². The number of para-hydroxylation sites is 1. The highest BCUT2D eigenvalue weighted by Gasteiger charge is 2.37. The van der Waals surface area contributed by atoms with Crippen molar-refractivity contribution in [1.29, 1.82) is 0 Å². The molecule has 1 heterocycles. The molecule has 9 heteroatoms. The Bertz CT molecular complexity index is 1290. The van der Waals surface area contributed by atoms with Crippen LogP contribution in [0.15, 0.2) is 66.7 Å². The molecule has 0 aromatic heterocycles. The Hall–Kier alpha value is -3.27. The highest BCUT2D eigenvalue weighted by molar-refractivity contribution is 7.90. The predicted molar refractivity (Wildman–Crippen MR) is 128 cm³/mol. The van der Waals surface area contributed by atoms with Crippen LogP contribution in [0, 0.1) is 12.7 Å². The Kier molecular flexibility index (Phi) is 6.97. The summed E-state index contributed by atoms with van der Waals surface area (Å²) in [4.78, 5) is 16.7. The smallest absolute Gasteiger partial charge is 0.269 e. The molecule has 1 aliphatic rings. The van der Waals surface area contributed by atoms with Crippen LogP contribution >= 0.6 is 0 Å². The van der Waals surface area contributed by atoms with Crippen molar-refractivity contribution in [2.24, 2.45) is 0 Å². The molecular weight excluding hydrogens is 457 g/mol. The summed E-state index contributed by atoms with van der Waals surface area (Å²) in [7, 11) is -2.24. The van der Waals surface area contributed by atoms with Crippen molar-refractivity contribution in [2.45, 2.75) is 18.7 Å². The number of hydrogen-bond donors (Lipinski definition) is 2. The molecular formula is C25H26FN3O4S. The number of sulfonamides is 1. The Morgan fingerprint density at radius 3 is 2.44 bits per heavy atom. The number of methoxy groups -OCH3 is 1. The van der Waals surface area contributed by atoms with E-state index in [2.05, 4.69) is 10.3 Å². The fourth-order valence-electron chi connectivity index (χ4n) is 3.92. The summed E-state index contributed by atoms with van der Waals surface area (Å²) in [6, 6.07) is 19.9. The minimum atomic E-state index is -3.83. The van der Waals surface area contributed by atoms with Crippen LogP contribution in [-0.2, 0) is 16.6 Å². The van der Waals surface area contributed by atoms with Gasteiger partial charge in [0, 0.05) is 25.2 Å². The molecule has 1 saturated heterocycles. The standard InChI is InChI=1S/C25H26FN3O4S/c1-17-12-20(18-8-4-3-5-9-18)13-22(24(17)26)25(30)27-28-34(31,32)21-15-29(16-21)14-19-10-6-7-11-23(19)33-2/h3-13,21,28H,14-16H2,1-2H3,(H,27,30). The minimum absolute atomic E-state index is 0.229. The maximum Gasteiger partial charge on any atom is 0.269 e. The van der Waals surface area contributed by atoms with Gasteiger partial charge in [0.05, 0.1) is 12.7 Å². The fourth-order valence-corrected chi connectivity index (χ4v) is 5.14. The SMILES string of the molecule is COc1ccccc1CN1CC(S(=O)(=O)NNC(=O)c2cc(-c3ccccc3)cc(C)c2F)C1. The van der Waals surface area contributed by atoms with Gasteiger partial charge in [0.1, 0.15) is 16.8 Å². The number of carbonyl (C=O) groups excluding carboxylic acids is 1. The summed E-state index contributed by atoms with van der Waals surface area (Å²) in [5, 5.41) is -0.690. The molecule has 34 heavy (non-hydrogen) atoms. The zero-order valence-corrected chi connectivity index (χ0v) is 19.7. The van der Waals surface area contributed by atoms with E-state index in [9.17, 15) is 17.6 Å². The third-order valence-electron chi connectivity index (χ3n) is 5.86. The van der Waals surface area contributed by atoms with Gasteiger partial charge in [-0.25, -0.2) is 12.8 Å². The molecule has 0 saturated carbocycles. The first-order valence-electron chi connectivity index (χ1n) is 10.8. The zero-order valence-electron chi connectivity index (χ0n) is 18.9. The summed E-state index contributed by atoms with van der Waals surface area (Å²) >= 11 is 0. The summed E-state index contributed by atoms with van der Waals surface area (Å²) in [6.07, 6.45) is 0. The van der Waals surface area contributed by atoms with Crippen LogP contribution < -0.4 is 15.0 Å². The van der Waals surface area contributed by atoms with Gasteiger partial charge >= 0.3 is 0 Å². The second kappa shape index (κ2) is 9.92. The maximum atomic E-state index is 14.7. The van der Waals surface area contributed by atoms with Crippen molar-refractivity contribution in [2.75, 3.05) is 20.2 Å². The van der Waals surface area contributed by atoms with Gasteiger partial charge in [-0.3, -0.25) is 15.1 Å². The summed E-state index contributed by atoms with van der Waals surface area (Å²) in [5.41, 5.74) is 4.68. The number of nitrogens with one attached hydrogen (secondary N) is 2. The van der Waals surface area contributed by atoms with Crippen LogP contribution in [0.2, 0.25) is 0 Å². The molecule has 4 rings (SSSR count). The van der Waals surface area contributed by atoms with Gasteiger partial charge in [0.15, 0.2) is 0 Å². The molecule has 0 atom stereocenters. The average molecular weight is 484 g/mol. The lowest BCUT2D eigenvalue weighted by Gasteiger charge is -2.38. The first-order valence-corrected chi connectivity index (χ1v) is 12.3. The van der Waals surface area contributed by atoms with Crippen LogP contribution in [0.5, 0.6) is 5.75 Å². The number of hydrogen-bond acceptors (Lipinski definition) is 5. The number of halogens is 1. The first kappa shape index (κ1) is 23.9. The average Bonchev–Trinajstić information content (AvgIpc) is 2.82. The van der Waals surface area contributed by atoms with Crippen LogP contribution in [0.3, 0.4) is 0 Å². The fraction of sp³-hybridized carbons (Fsp3) is 0.240. The second-order valence-electron chi connectivity index (χ2n) is 8.25. The van der Waals surface area contributed by atoms with Crippen molar-refractivity contribution >= 4 is 15.9 Å². The molecule has 7 nitrogen and oxygen atoms in total. The molecule has 178 valence electrons. The quantitative estimate of drug-likeness (QED) is 0.481. The molecule has 0 unspecified atom stereocenters. The van der Waals surface area contributed by atoms with Gasteiger partial charge < -0.3 is 4.74 Å². The molecule has 1 fully saturated rings. The number of likely N-dealkylation sites (tertiary alicyclic amines) is 1. The van der Waals surface area contributed by atoms with Crippen LogP contribution in [0.25, 0.3) is 11.1 Å². The predicted octanol–water partition coefficient (Wildman–Crippen LogP) is 3.26. The maximum absolute atomic E-state index is 14.7. The highest BCUT2D eigenvalue weighted by Crippen LogP contribution is 2.26. The Morgan fingerprint density at radius 2 is 1.74 bits per heavy atom. The number of nitrogens with zero attached hydrogens (tertiary/aromatic N) is 1. The number of rotatable bonds is 8. The van der Waals surface area contributed by atoms with E-state index in [-0.39, 0.29) is 5.56 Å². The second-order valence-corrected chi connectivity index (χ2v) is 10.2. The molecule has 0 radical (unpaired) electrons. The van der Waals surface area contributed by atoms with E-state index < -0.39 is 27.0 Å². The number of ether oxygens (including phenoxy) is 1. The number of carbonyl (C=O) groups is 1. The number of benzene rings is 3. The molecule has 0 bridgehead atoms. The summed E-state index contributed by atoms with van der Waals surface area (Å²) in [6.45, 7) is 2.73. The van der Waals surface area contributed by atoms with E-state index in [1.807, 2.05) is 59.5 Å². The zero-order chi connectivity index (χ0) is 24.3. The van der Waals surface area contributed by atoms with Crippen LogP contribution in [0.4, 0.5) is 4.39 Å².